The zero-order valence-electron chi connectivity index (χ0n) is 41.6. The fourth-order valence-electron chi connectivity index (χ4n) is 4.39. The van der Waals surface area contributed by atoms with Crippen molar-refractivity contribution in [2.45, 2.75) is 166 Å². The molecule has 0 bridgehead atoms. The number of rotatable bonds is 0. The SMILES string of the molecule is C.CC(C)(C)C.CC(C)(C)c1ccccn1.CC(C)(C)c1ccccn1.CC(C)(C)c1cccnc1.CC(C)(C)c1cccnc1.CC(C)(C)c1ccncc1.c1ccncc1. The highest BCUT2D eigenvalue weighted by Crippen LogP contribution is 2.22. The van der Waals surface area contributed by atoms with Crippen molar-refractivity contribution in [3.8, 4) is 0 Å². The number of hydrogen-bond acceptors (Lipinski definition) is 6. The molecule has 62 heavy (non-hydrogen) atoms. The van der Waals surface area contributed by atoms with E-state index in [2.05, 4.69) is 198 Å². The van der Waals surface area contributed by atoms with Gasteiger partial charge in [0.2, 0.25) is 0 Å². The van der Waals surface area contributed by atoms with Crippen molar-refractivity contribution >= 4 is 0 Å². The lowest BCUT2D eigenvalue weighted by atomic mass is 9.88. The third kappa shape index (κ3) is 31.7. The van der Waals surface area contributed by atoms with Gasteiger partial charge >= 0.3 is 0 Å². The molecule has 6 aromatic rings. The van der Waals surface area contributed by atoms with Crippen LogP contribution in [0.15, 0.2) is 153 Å². The monoisotopic (exact) mass is 843 g/mol. The Labute approximate surface area is 381 Å². The molecule has 0 atom stereocenters. The largest absolute Gasteiger partial charge is 0.265 e. The van der Waals surface area contributed by atoms with Crippen LogP contribution in [0.3, 0.4) is 0 Å². The van der Waals surface area contributed by atoms with E-state index in [4.69, 9.17) is 0 Å². The average Bonchev–Trinajstić information content (AvgIpc) is 3.19. The molecule has 0 aliphatic carbocycles. The summed E-state index contributed by atoms with van der Waals surface area (Å²) in [5, 5.41) is 0. The number of pyridine rings is 6. The van der Waals surface area contributed by atoms with Crippen molar-refractivity contribution in [1.82, 2.24) is 29.9 Å². The topological polar surface area (TPSA) is 77.3 Å². The van der Waals surface area contributed by atoms with Crippen LogP contribution < -0.4 is 0 Å². The van der Waals surface area contributed by atoms with Crippen molar-refractivity contribution in [1.29, 1.82) is 0 Å². The van der Waals surface area contributed by atoms with Crippen LogP contribution in [0, 0.1) is 5.41 Å². The Morgan fingerprint density at radius 1 is 0.274 bits per heavy atom. The van der Waals surface area contributed by atoms with E-state index in [9.17, 15) is 0 Å². The first kappa shape index (κ1) is 59.0. The van der Waals surface area contributed by atoms with Gasteiger partial charge in [-0.3, -0.25) is 29.9 Å². The van der Waals surface area contributed by atoms with Gasteiger partial charge in [0.25, 0.3) is 0 Å². The minimum absolute atomic E-state index is 0. The first-order valence-corrected chi connectivity index (χ1v) is 21.4. The molecule has 6 heterocycles. The van der Waals surface area contributed by atoms with E-state index in [1.165, 1.54) is 16.7 Å². The second-order valence-electron chi connectivity index (χ2n) is 21.4. The van der Waals surface area contributed by atoms with Gasteiger partial charge in [-0.25, -0.2) is 0 Å². The first-order chi connectivity index (χ1) is 28.0. The molecule has 340 valence electrons. The molecule has 6 heteroatoms. The predicted octanol–water partition coefficient (Wildman–Crippen LogP) is 15.7. The molecule has 0 radical (unpaired) electrons. The Morgan fingerprint density at radius 3 is 0.742 bits per heavy atom. The van der Waals surface area contributed by atoms with Gasteiger partial charge in [0.05, 0.1) is 0 Å². The van der Waals surface area contributed by atoms with Gasteiger partial charge in [0.15, 0.2) is 0 Å². The van der Waals surface area contributed by atoms with E-state index < -0.39 is 0 Å². The summed E-state index contributed by atoms with van der Waals surface area (Å²) >= 11 is 0. The summed E-state index contributed by atoms with van der Waals surface area (Å²) in [6.07, 6.45) is 18.3. The predicted molar refractivity (Wildman–Crippen MR) is 271 cm³/mol. The van der Waals surface area contributed by atoms with Crippen LogP contribution in [0.2, 0.25) is 0 Å². The minimum atomic E-state index is 0. The molecule has 0 N–H and O–H groups in total. The van der Waals surface area contributed by atoms with Crippen molar-refractivity contribution in [2.75, 3.05) is 0 Å². The summed E-state index contributed by atoms with van der Waals surface area (Å²) in [5.74, 6) is 0. The highest BCUT2D eigenvalue weighted by molar-refractivity contribution is 5.20. The Morgan fingerprint density at radius 2 is 0.581 bits per heavy atom. The lowest BCUT2D eigenvalue weighted by molar-refractivity contribution is 0.469. The number of nitrogens with zero attached hydrogens (tertiary/aromatic N) is 6. The molecule has 6 rings (SSSR count). The Kier molecular flexibility index (Phi) is 27.1. The summed E-state index contributed by atoms with van der Waals surface area (Å²) in [4.78, 5) is 24.3. The molecule has 0 aliphatic rings. The maximum atomic E-state index is 4.25. The second-order valence-corrected chi connectivity index (χ2v) is 21.4. The smallest absolute Gasteiger partial charge is 0.0457 e. The lowest BCUT2D eigenvalue weighted by Gasteiger charge is -2.17. The van der Waals surface area contributed by atoms with Gasteiger partial charge in [-0.05, 0) is 99.0 Å². The molecule has 6 nitrogen and oxygen atoms in total. The lowest BCUT2D eigenvalue weighted by Crippen LogP contribution is -2.12. The zero-order chi connectivity index (χ0) is 46.8. The van der Waals surface area contributed by atoms with Crippen LogP contribution in [-0.2, 0) is 27.1 Å². The molecule has 0 saturated heterocycles. The standard InChI is InChI=1S/5C9H13N.C5H5N.C5H12.CH4/c1-9(2,3)8-4-6-10-7-5-8;2*1-9(2,3)8-5-4-6-10-7-8;2*1-9(2,3)8-6-4-5-7-10-8;1-2-4-6-5-3-1;1-5(2,3)4;/h5*4-7H,1-3H3;1-5H;1-4H3;1H4. The van der Waals surface area contributed by atoms with E-state index in [-0.39, 0.29) is 34.5 Å². The fourth-order valence-corrected chi connectivity index (χ4v) is 4.39. The third-order valence-electron chi connectivity index (χ3n) is 8.03. The number of hydrogen-bond donors (Lipinski definition) is 0. The first-order valence-electron chi connectivity index (χ1n) is 21.4. The summed E-state index contributed by atoms with van der Waals surface area (Å²) < 4.78 is 0. The van der Waals surface area contributed by atoms with E-state index in [0.717, 1.165) is 11.4 Å². The molecule has 0 spiro atoms. The van der Waals surface area contributed by atoms with Crippen LogP contribution in [0.4, 0.5) is 0 Å². The normalized spacial score (nSPS) is 11.0. The maximum absolute atomic E-state index is 4.25. The van der Waals surface area contributed by atoms with Crippen LogP contribution in [-0.4, -0.2) is 29.9 Å². The summed E-state index contributed by atoms with van der Waals surface area (Å²) in [6.45, 7) is 41.4. The molecular weight excluding hydrogens is 757 g/mol. The van der Waals surface area contributed by atoms with Crippen molar-refractivity contribution < 1.29 is 0 Å². The van der Waals surface area contributed by atoms with Crippen molar-refractivity contribution in [2.24, 2.45) is 5.41 Å². The summed E-state index contributed by atoms with van der Waals surface area (Å²) in [6, 6.07) is 30.0. The maximum Gasteiger partial charge on any atom is 0.0457 e. The molecule has 0 amide bonds. The van der Waals surface area contributed by atoms with Gasteiger partial charge in [-0.1, -0.05) is 169 Å². The molecule has 0 fully saturated rings. The third-order valence-corrected chi connectivity index (χ3v) is 8.03. The van der Waals surface area contributed by atoms with Gasteiger partial charge in [0.1, 0.15) is 0 Å². The highest BCUT2D eigenvalue weighted by Gasteiger charge is 2.15. The molecule has 6 aromatic heterocycles. The van der Waals surface area contributed by atoms with Crippen LogP contribution >= 0.6 is 0 Å². The van der Waals surface area contributed by atoms with Crippen molar-refractivity contribution in [3.63, 3.8) is 0 Å². The van der Waals surface area contributed by atoms with Crippen LogP contribution in [0.25, 0.3) is 0 Å². The quantitative estimate of drug-likeness (QED) is 0.152. The van der Waals surface area contributed by atoms with Gasteiger partial charge in [-0.15, -0.1) is 0 Å². The van der Waals surface area contributed by atoms with E-state index in [0.29, 0.717) is 5.41 Å². The molecule has 0 unspecified atom stereocenters. The van der Waals surface area contributed by atoms with Gasteiger partial charge in [-0.2, -0.15) is 0 Å². The zero-order valence-corrected chi connectivity index (χ0v) is 41.6. The van der Waals surface area contributed by atoms with Gasteiger partial charge < -0.3 is 0 Å². The van der Waals surface area contributed by atoms with E-state index in [1.54, 1.807) is 24.8 Å². The van der Waals surface area contributed by atoms with Gasteiger partial charge in [0, 0.05) is 84.2 Å². The second kappa shape index (κ2) is 28.5. The number of aromatic nitrogens is 6. The van der Waals surface area contributed by atoms with Crippen molar-refractivity contribution in [3.05, 3.63) is 181 Å². The van der Waals surface area contributed by atoms with E-state index >= 15 is 0 Å². The Hall–Kier alpha value is -5.10. The van der Waals surface area contributed by atoms with Crippen LogP contribution in [0.1, 0.15) is 167 Å². The van der Waals surface area contributed by atoms with E-state index in [1.807, 2.05) is 91.8 Å². The minimum Gasteiger partial charge on any atom is -0.265 e. The average molecular weight is 843 g/mol. The molecular formula is C56H86N6. The Balaban J connectivity index is 0. The Bertz CT molecular complexity index is 1570. The molecule has 0 aromatic carbocycles. The summed E-state index contributed by atoms with van der Waals surface area (Å²) in [5.41, 5.74) is 7.78. The molecule has 0 saturated carbocycles. The fraction of sp³-hybridized carbons (Fsp3) is 0.464. The highest BCUT2D eigenvalue weighted by atomic mass is 14.7. The van der Waals surface area contributed by atoms with Crippen LogP contribution in [0.5, 0.6) is 0 Å². The summed E-state index contributed by atoms with van der Waals surface area (Å²) in [7, 11) is 0. The molecule has 0 aliphatic heterocycles.